The van der Waals surface area contributed by atoms with E-state index in [9.17, 15) is 4.79 Å². The van der Waals surface area contributed by atoms with Crippen molar-refractivity contribution < 1.29 is 9.53 Å². The second kappa shape index (κ2) is 9.85. The second-order valence-electron chi connectivity index (χ2n) is 8.14. The number of nitrogens with zero attached hydrogens (tertiary/aromatic N) is 3. The summed E-state index contributed by atoms with van der Waals surface area (Å²) < 4.78 is 6.00. The van der Waals surface area contributed by atoms with Crippen LogP contribution < -0.4 is 20.7 Å². The summed E-state index contributed by atoms with van der Waals surface area (Å²) in [5, 5.41) is 4.86. The maximum Gasteiger partial charge on any atom is 0.252 e. The van der Waals surface area contributed by atoms with E-state index in [1.165, 1.54) is 6.20 Å². The number of aromatic nitrogens is 1. The molecule has 0 saturated carbocycles. The molecule has 174 valence electrons. The lowest BCUT2D eigenvalue weighted by atomic mass is 10.1. The minimum Gasteiger partial charge on any atom is -0.492 e. The van der Waals surface area contributed by atoms with E-state index in [4.69, 9.17) is 22.1 Å². The van der Waals surface area contributed by atoms with E-state index in [1.54, 1.807) is 0 Å². The molecule has 0 bridgehead atoms. The molecule has 0 aliphatic carbocycles. The number of rotatable bonds is 7. The van der Waals surface area contributed by atoms with Crippen LogP contribution in [0.25, 0.3) is 10.9 Å². The van der Waals surface area contributed by atoms with Crippen LogP contribution >= 0.6 is 11.6 Å². The third-order valence-corrected chi connectivity index (χ3v) is 6.61. The number of halogens is 1. The van der Waals surface area contributed by atoms with Crippen LogP contribution in [0.5, 0.6) is 5.75 Å². The number of piperazine rings is 1. The fourth-order valence-corrected chi connectivity index (χ4v) is 4.41. The zero-order valence-corrected chi connectivity index (χ0v) is 20.1. The Hall–Kier alpha value is -3.03. The molecule has 4 rings (SSSR count). The molecule has 0 spiro atoms. The van der Waals surface area contributed by atoms with Gasteiger partial charge >= 0.3 is 0 Å². The molecule has 0 radical (unpaired) electrons. The zero-order chi connectivity index (χ0) is 23.5. The standard InChI is InChI=1S/C25H30ClN5O2/c1-4-30-9-11-31(12-10-30)22-13-17-21(14-23(22)33-5-2)28-15-18(25(27)32)24(17)29-20-8-6-7-19(26)16(20)3/h6-8,13-15H,4-5,9-12H2,1-3H3,(H2,27,32)(H,28,29). The number of hydrogen-bond donors (Lipinski definition) is 2. The number of pyridine rings is 1. The summed E-state index contributed by atoms with van der Waals surface area (Å²) in [5.41, 5.74) is 10.1. The highest BCUT2D eigenvalue weighted by atomic mass is 35.5. The average Bonchev–Trinajstić information content (AvgIpc) is 2.82. The first-order valence-electron chi connectivity index (χ1n) is 11.3. The lowest BCUT2D eigenvalue weighted by molar-refractivity contribution is 0.100. The number of nitrogens with two attached hydrogens (primary N) is 1. The topological polar surface area (TPSA) is 83.7 Å². The van der Waals surface area contributed by atoms with Crippen molar-refractivity contribution in [2.75, 3.05) is 49.5 Å². The van der Waals surface area contributed by atoms with Gasteiger partial charge in [0.1, 0.15) is 5.75 Å². The number of ether oxygens (including phenoxy) is 1. The van der Waals surface area contributed by atoms with Gasteiger partial charge in [0.05, 0.1) is 29.1 Å². The zero-order valence-electron chi connectivity index (χ0n) is 19.3. The van der Waals surface area contributed by atoms with Gasteiger partial charge in [-0.05, 0) is 44.2 Å². The molecule has 8 heteroatoms. The molecule has 1 amide bonds. The second-order valence-corrected chi connectivity index (χ2v) is 8.55. The summed E-state index contributed by atoms with van der Waals surface area (Å²) >= 11 is 6.34. The molecule has 33 heavy (non-hydrogen) atoms. The predicted molar refractivity (Wildman–Crippen MR) is 135 cm³/mol. The Morgan fingerprint density at radius 2 is 1.97 bits per heavy atom. The fraction of sp³-hybridized carbons (Fsp3) is 0.360. The number of likely N-dealkylation sites (N-methyl/N-ethyl adjacent to an activating group) is 1. The maximum absolute atomic E-state index is 12.3. The molecule has 0 unspecified atom stereocenters. The third kappa shape index (κ3) is 4.70. The van der Waals surface area contributed by atoms with Crippen molar-refractivity contribution >= 4 is 45.5 Å². The number of carbonyl (C=O) groups is 1. The quantitative estimate of drug-likeness (QED) is 0.529. The van der Waals surface area contributed by atoms with E-state index in [0.717, 1.165) is 66.3 Å². The SMILES string of the molecule is CCOc1cc2ncc(C(N)=O)c(Nc3cccc(Cl)c3C)c2cc1N1CCN(CC)CC1. The van der Waals surface area contributed by atoms with Crippen molar-refractivity contribution in [3.05, 3.63) is 52.7 Å². The van der Waals surface area contributed by atoms with E-state index in [-0.39, 0.29) is 0 Å². The first-order valence-corrected chi connectivity index (χ1v) is 11.7. The third-order valence-electron chi connectivity index (χ3n) is 6.20. The summed E-state index contributed by atoms with van der Waals surface area (Å²) in [6, 6.07) is 9.64. The van der Waals surface area contributed by atoms with E-state index in [2.05, 4.69) is 33.1 Å². The smallest absolute Gasteiger partial charge is 0.252 e. The largest absolute Gasteiger partial charge is 0.492 e. The molecule has 1 aliphatic heterocycles. The Morgan fingerprint density at radius 3 is 2.64 bits per heavy atom. The van der Waals surface area contributed by atoms with Gasteiger partial charge in [-0.3, -0.25) is 9.78 Å². The number of anilines is 3. The van der Waals surface area contributed by atoms with Crippen LogP contribution in [0.4, 0.5) is 17.1 Å². The fourth-order valence-electron chi connectivity index (χ4n) is 4.23. The summed E-state index contributed by atoms with van der Waals surface area (Å²) in [7, 11) is 0. The summed E-state index contributed by atoms with van der Waals surface area (Å²) in [6.07, 6.45) is 1.52. The first-order chi connectivity index (χ1) is 15.9. The molecule has 3 aromatic rings. The van der Waals surface area contributed by atoms with Crippen molar-refractivity contribution in [3.8, 4) is 5.75 Å². The highest BCUT2D eigenvalue weighted by molar-refractivity contribution is 6.31. The Labute approximate surface area is 199 Å². The van der Waals surface area contributed by atoms with Crippen LogP contribution in [-0.2, 0) is 0 Å². The van der Waals surface area contributed by atoms with E-state index in [1.807, 2.05) is 38.1 Å². The van der Waals surface area contributed by atoms with Crippen LogP contribution in [0.1, 0.15) is 29.8 Å². The number of nitrogens with one attached hydrogen (secondary N) is 1. The van der Waals surface area contributed by atoms with Gasteiger partial charge in [-0.2, -0.15) is 0 Å². The van der Waals surface area contributed by atoms with E-state index < -0.39 is 5.91 Å². The summed E-state index contributed by atoms with van der Waals surface area (Å²) in [6.45, 7) is 11.5. The molecule has 3 N–H and O–H groups in total. The lowest BCUT2D eigenvalue weighted by Gasteiger charge is -2.36. The molecule has 1 fully saturated rings. The molecule has 0 atom stereocenters. The van der Waals surface area contributed by atoms with Crippen molar-refractivity contribution in [1.82, 2.24) is 9.88 Å². The number of fused-ring (bicyclic) bond motifs is 1. The highest BCUT2D eigenvalue weighted by Gasteiger charge is 2.22. The minimum atomic E-state index is -0.543. The Kier molecular flexibility index (Phi) is 6.91. The monoisotopic (exact) mass is 467 g/mol. The van der Waals surface area contributed by atoms with Crippen molar-refractivity contribution in [2.24, 2.45) is 5.73 Å². The summed E-state index contributed by atoms with van der Waals surface area (Å²) in [5.74, 6) is 0.248. The average molecular weight is 468 g/mol. The highest BCUT2D eigenvalue weighted by Crippen LogP contribution is 2.39. The normalized spacial score (nSPS) is 14.5. The first kappa shape index (κ1) is 23.1. The van der Waals surface area contributed by atoms with Crippen LogP contribution in [0.15, 0.2) is 36.5 Å². The molecule has 7 nitrogen and oxygen atoms in total. The van der Waals surface area contributed by atoms with Gasteiger partial charge in [0.15, 0.2) is 0 Å². The van der Waals surface area contributed by atoms with Crippen molar-refractivity contribution in [2.45, 2.75) is 20.8 Å². The minimum absolute atomic E-state index is 0.327. The lowest BCUT2D eigenvalue weighted by Crippen LogP contribution is -2.46. The van der Waals surface area contributed by atoms with E-state index >= 15 is 0 Å². The van der Waals surface area contributed by atoms with Gasteiger partial charge < -0.3 is 25.6 Å². The maximum atomic E-state index is 12.3. The molecule has 1 aromatic heterocycles. The predicted octanol–water partition coefficient (Wildman–Crippen LogP) is 4.58. The van der Waals surface area contributed by atoms with Crippen LogP contribution in [0.2, 0.25) is 5.02 Å². The Bertz CT molecular complexity index is 1180. The van der Waals surface area contributed by atoms with Gasteiger partial charge in [-0.25, -0.2) is 0 Å². The molecular weight excluding hydrogens is 438 g/mol. The summed E-state index contributed by atoms with van der Waals surface area (Å²) in [4.78, 5) is 21.6. The molecular formula is C25H30ClN5O2. The number of carbonyl (C=O) groups excluding carboxylic acids is 1. The van der Waals surface area contributed by atoms with Gasteiger partial charge in [0.2, 0.25) is 0 Å². The van der Waals surface area contributed by atoms with Gasteiger partial charge in [0, 0.05) is 54.5 Å². The van der Waals surface area contributed by atoms with Crippen LogP contribution in [0.3, 0.4) is 0 Å². The van der Waals surface area contributed by atoms with Gasteiger partial charge in [0.25, 0.3) is 5.91 Å². The number of primary amides is 1. The van der Waals surface area contributed by atoms with Crippen molar-refractivity contribution in [1.29, 1.82) is 0 Å². The van der Waals surface area contributed by atoms with Gasteiger partial charge in [-0.15, -0.1) is 0 Å². The molecule has 2 aromatic carbocycles. The number of amides is 1. The Balaban J connectivity index is 1.87. The molecule has 1 saturated heterocycles. The van der Waals surface area contributed by atoms with Crippen LogP contribution in [0, 0.1) is 6.92 Å². The number of benzene rings is 2. The van der Waals surface area contributed by atoms with Gasteiger partial charge in [-0.1, -0.05) is 24.6 Å². The molecule has 2 heterocycles. The van der Waals surface area contributed by atoms with Crippen LogP contribution in [-0.4, -0.2) is 55.1 Å². The number of hydrogen-bond acceptors (Lipinski definition) is 6. The Morgan fingerprint density at radius 1 is 1.21 bits per heavy atom. The van der Waals surface area contributed by atoms with E-state index in [0.29, 0.717) is 22.9 Å². The molecule has 1 aliphatic rings. The van der Waals surface area contributed by atoms with Crippen molar-refractivity contribution in [3.63, 3.8) is 0 Å².